The number of carbonyl (C=O) groups excluding carboxylic acids is 2. The first-order chi connectivity index (χ1) is 9.70. The van der Waals surface area contributed by atoms with Crippen LogP contribution in [0.2, 0.25) is 0 Å². The van der Waals surface area contributed by atoms with Crippen molar-refractivity contribution in [1.29, 1.82) is 0 Å². The second-order valence-electron chi connectivity index (χ2n) is 3.78. The molecule has 0 spiro atoms. The third kappa shape index (κ3) is 3.41. The Bertz CT molecular complexity index is 595. The Balaban J connectivity index is 1.94. The summed E-state index contributed by atoms with van der Waals surface area (Å²) in [6, 6.07) is 9.20. The van der Waals surface area contributed by atoms with Crippen molar-refractivity contribution < 1.29 is 19.1 Å². The number of esters is 1. The van der Waals surface area contributed by atoms with E-state index < -0.39 is 12.1 Å². The number of hydrogen-bond acceptors (Lipinski definition) is 6. The summed E-state index contributed by atoms with van der Waals surface area (Å²) in [4.78, 5) is 23.8. The molecule has 7 heteroatoms. The van der Waals surface area contributed by atoms with E-state index in [2.05, 4.69) is 10.2 Å². The molecule has 0 radical (unpaired) electrons. The minimum Gasteiger partial charge on any atom is -0.461 e. The summed E-state index contributed by atoms with van der Waals surface area (Å²) in [5.74, 6) is -0.630. The normalized spacial score (nSPS) is 10.1. The van der Waals surface area contributed by atoms with E-state index in [0.29, 0.717) is 0 Å². The zero-order chi connectivity index (χ0) is 14.4. The molecule has 0 aliphatic rings. The lowest BCUT2D eigenvalue weighted by molar-refractivity contribution is 0.0518. The van der Waals surface area contributed by atoms with Crippen molar-refractivity contribution in [2.75, 3.05) is 6.61 Å². The van der Waals surface area contributed by atoms with Gasteiger partial charge < -0.3 is 9.47 Å². The Morgan fingerprint density at radius 1 is 1.20 bits per heavy atom. The molecular weight excluding hydrogens is 262 g/mol. The Hall–Kier alpha value is -2.70. The number of carbonyl (C=O) groups is 2. The van der Waals surface area contributed by atoms with Crippen molar-refractivity contribution in [2.45, 2.75) is 13.5 Å². The van der Waals surface area contributed by atoms with E-state index in [-0.39, 0.29) is 18.9 Å². The molecule has 0 saturated carbocycles. The van der Waals surface area contributed by atoms with E-state index >= 15 is 0 Å². The summed E-state index contributed by atoms with van der Waals surface area (Å²) in [6.07, 6.45) is 0.395. The van der Waals surface area contributed by atoms with E-state index in [1.54, 1.807) is 6.92 Å². The molecule has 1 heterocycles. The summed E-state index contributed by atoms with van der Waals surface area (Å²) in [5.41, 5.74) is 0.808. The molecule has 0 unspecified atom stereocenters. The lowest BCUT2D eigenvalue weighted by Crippen LogP contribution is -2.17. The molecule has 1 aromatic heterocycles. The van der Waals surface area contributed by atoms with Crippen LogP contribution in [-0.2, 0) is 16.1 Å². The molecule has 1 aromatic carbocycles. The van der Waals surface area contributed by atoms with E-state index in [4.69, 9.17) is 9.47 Å². The van der Waals surface area contributed by atoms with Gasteiger partial charge in [-0.2, -0.15) is 5.10 Å². The maximum atomic E-state index is 11.7. The maximum absolute atomic E-state index is 11.7. The number of ether oxygens (including phenoxy) is 2. The van der Waals surface area contributed by atoms with Crippen molar-refractivity contribution >= 4 is 12.1 Å². The highest BCUT2D eigenvalue weighted by atomic mass is 16.6. The molecule has 0 amide bonds. The number of rotatable bonds is 4. The molecule has 0 saturated heterocycles. The number of hydrogen-bond donors (Lipinski definition) is 0. The van der Waals surface area contributed by atoms with Crippen LogP contribution in [0.15, 0.2) is 36.5 Å². The van der Waals surface area contributed by atoms with Gasteiger partial charge in [-0.15, -0.1) is 5.10 Å². The highest BCUT2D eigenvalue weighted by Crippen LogP contribution is 2.02. The van der Waals surface area contributed by atoms with Crippen LogP contribution in [0, 0.1) is 0 Å². The molecule has 2 aromatic rings. The van der Waals surface area contributed by atoms with Crippen molar-refractivity contribution in [3.8, 4) is 0 Å². The van der Waals surface area contributed by atoms with E-state index in [9.17, 15) is 9.59 Å². The van der Waals surface area contributed by atoms with Gasteiger partial charge >= 0.3 is 12.1 Å². The first-order valence-electron chi connectivity index (χ1n) is 6.01. The quantitative estimate of drug-likeness (QED) is 0.789. The van der Waals surface area contributed by atoms with Gasteiger partial charge in [-0.3, -0.25) is 0 Å². The Kier molecular flexibility index (Phi) is 4.43. The SMILES string of the molecule is CCOC(=O)c1cnn(C(=O)OCc2ccccc2)n1. The van der Waals surface area contributed by atoms with Gasteiger partial charge in [0.05, 0.1) is 12.8 Å². The Morgan fingerprint density at radius 3 is 2.65 bits per heavy atom. The molecule has 7 nitrogen and oxygen atoms in total. The van der Waals surface area contributed by atoms with Crippen LogP contribution in [0.5, 0.6) is 0 Å². The molecule has 0 atom stereocenters. The topological polar surface area (TPSA) is 83.3 Å². The van der Waals surface area contributed by atoms with Crippen molar-refractivity contribution in [1.82, 2.24) is 15.0 Å². The summed E-state index contributed by atoms with van der Waals surface area (Å²) >= 11 is 0. The van der Waals surface area contributed by atoms with Crippen molar-refractivity contribution in [2.24, 2.45) is 0 Å². The Morgan fingerprint density at radius 2 is 1.95 bits per heavy atom. The molecular formula is C13H13N3O4. The van der Waals surface area contributed by atoms with E-state index in [1.165, 1.54) is 0 Å². The molecule has 0 aliphatic carbocycles. The van der Waals surface area contributed by atoms with Crippen LogP contribution < -0.4 is 0 Å². The minimum absolute atomic E-state index is 0.0384. The molecule has 0 aliphatic heterocycles. The first-order valence-corrected chi connectivity index (χ1v) is 6.01. The van der Waals surface area contributed by atoms with Crippen molar-refractivity contribution in [3.05, 3.63) is 47.8 Å². The largest absolute Gasteiger partial charge is 0.461 e. The number of aromatic nitrogens is 3. The van der Waals surface area contributed by atoms with Crippen LogP contribution >= 0.6 is 0 Å². The summed E-state index contributed by atoms with van der Waals surface area (Å²) in [6.45, 7) is 2.01. The van der Waals surface area contributed by atoms with Gasteiger partial charge in [0.1, 0.15) is 6.61 Å². The van der Waals surface area contributed by atoms with Gasteiger partial charge in [0, 0.05) is 0 Å². The number of nitrogens with zero attached hydrogens (tertiary/aromatic N) is 3. The van der Waals surface area contributed by atoms with E-state index in [0.717, 1.165) is 16.6 Å². The molecule has 20 heavy (non-hydrogen) atoms. The Labute approximate surface area is 115 Å². The molecule has 104 valence electrons. The van der Waals surface area contributed by atoms with Gasteiger partial charge in [-0.1, -0.05) is 35.1 Å². The van der Waals surface area contributed by atoms with Gasteiger partial charge in [0.15, 0.2) is 5.69 Å². The molecule has 0 N–H and O–H groups in total. The van der Waals surface area contributed by atoms with Crippen LogP contribution in [0.4, 0.5) is 4.79 Å². The van der Waals surface area contributed by atoms with E-state index in [1.807, 2.05) is 30.3 Å². The number of benzene rings is 1. The molecule has 0 fully saturated rings. The van der Waals surface area contributed by atoms with Gasteiger partial charge in [-0.25, -0.2) is 9.59 Å². The van der Waals surface area contributed by atoms with Gasteiger partial charge in [0.25, 0.3) is 0 Å². The average molecular weight is 275 g/mol. The van der Waals surface area contributed by atoms with Crippen LogP contribution in [0.25, 0.3) is 0 Å². The fourth-order valence-corrected chi connectivity index (χ4v) is 1.43. The lowest BCUT2D eigenvalue weighted by Gasteiger charge is -2.02. The summed E-state index contributed by atoms with van der Waals surface area (Å²) in [5, 5.41) is 7.36. The monoisotopic (exact) mass is 275 g/mol. The van der Waals surface area contributed by atoms with Crippen LogP contribution in [-0.4, -0.2) is 33.7 Å². The van der Waals surface area contributed by atoms with Crippen LogP contribution in [0.3, 0.4) is 0 Å². The maximum Gasteiger partial charge on any atom is 0.452 e. The fourth-order valence-electron chi connectivity index (χ4n) is 1.43. The second kappa shape index (κ2) is 6.46. The smallest absolute Gasteiger partial charge is 0.452 e. The summed E-state index contributed by atoms with van der Waals surface area (Å²) in [7, 11) is 0. The standard InChI is InChI=1S/C13H13N3O4/c1-2-19-12(17)11-8-14-16(15-11)13(18)20-9-10-6-4-3-5-7-10/h3-8H,2,9H2,1H3. The predicted molar refractivity (Wildman–Crippen MR) is 68.0 cm³/mol. The predicted octanol–water partition coefficient (Wildman–Crippen LogP) is 1.64. The zero-order valence-electron chi connectivity index (χ0n) is 10.9. The first kappa shape index (κ1) is 13.7. The van der Waals surface area contributed by atoms with Gasteiger partial charge in [0.2, 0.25) is 0 Å². The van der Waals surface area contributed by atoms with Crippen LogP contribution in [0.1, 0.15) is 23.0 Å². The average Bonchev–Trinajstić information content (AvgIpc) is 2.96. The molecule has 2 rings (SSSR count). The molecule has 0 bridgehead atoms. The van der Waals surface area contributed by atoms with Gasteiger partial charge in [-0.05, 0) is 12.5 Å². The summed E-state index contributed by atoms with van der Waals surface area (Å²) < 4.78 is 9.76. The van der Waals surface area contributed by atoms with Crippen molar-refractivity contribution in [3.63, 3.8) is 0 Å². The highest BCUT2D eigenvalue weighted by Gasteiger charge is 2.15. The second-order valence-corrected chi connectivity index (χ2v) is 3.78. The zero-order valence-corrected chi connectivity index (χ0v) is 10.9. The third-order valence-corrected chi connectivity index (χ3v) is 2.34. The third-order valence-electron chi connectivity index (χ3n) is 2.34. The fraction of sp³-hybridized carbons (Fsp3) is 0.231. The highest BCUT2D eigenvalue weighted by molar-refractivity contribution is 5.87. The minimum atomic E-state index is -0.760. The lowest BCUT2D eigenvalue weighted by atomic mass is 10.2.